The fraction of sp³-hybridized carbons (Fsp3) is 0.227. The van der Waals surface area contributed by atoms with Crippen molar-refractivity contribution in [1.29, 1.82) is 0 Å². The first-order chi connectivity index (χ1) is 14.0. The van der Waals surface area contributed by atoms with Gasteiger partial charge in [-0.15, -0.1) is 0 Å². The van der Waals surface area contributed by atoms with E-state index in [2.05, 4.69) is 15.7 Å². The van der Waals surface area contributed by atoms with E-state index in [4.69, 9.17) is 11.6 Å². The molecular weight excluding hydrogens is 388 g/mol. The number of rotatable bonds is 5. The number of anilines is 2. The van der Waals surface area contributed by atoms with E-state index in [-0.39, 0.29) is 18.2 Å². The van der Waals surface area contributed by atoms with Crippen molar-refractivity contribution in [2.24, 2.45) is 0 Å². The van der Waals surface area contributed by atoms with Crippen LogP contribution in [0.4, 0.5) is 11.5 Å². The fourth-order valence-electron chi connectivity index (χ4n) is 3.51. The van der Waals surface area contributed by atoms with Crippen LogP contribution < -0.4 is 10.6 Å². The molecule has 1 atom stereocenters. The summed E-state index contributed by atoms with van der Waals surface area (Å²) >= 11 is 5.87. The first-order valence-electron chi connectivity index (χ1n) is 9.51. The van der Waals surface area contributed by atoms with Crippen molar-refractivity contribution < 1.29 is 9.59 Å². The van der Waals surface area contributed by atoms with E-state index >= 15 is 0 Å². The summed E-state index contributed by atoms with van der Waals surface area (Å²) in [5.74, 6) is 0.167. The Morgan fingerprint density at radius 1 is 1.17 bits per heavy atom. The number of carbonyl (C=O) groups excluding carboxylic acids is 2. The second-order valence-corrected chi connectivity index (χ2v) is 7.54. The molecule has 148 valence electrons. The second-order valence-electron chi connectivity index (χ2n) is 7.10. The van der Waals surface area contributed by atoms with Crippen molar-refractivity contribution in [3.05, 3.63) is 64.8 Å². The molecule has 0 spiro atoms. The van der Waals surface area contributed by atoms with Gasteiger partial charge in [0.1, 0.15) is 11.9 Å². The van der Waals surface area contributed by atoms with Crippen molar-refractivity contribution in [3.63, 3.8) is 0 Å². The van der Waals surface area contributed by atoms with E-state index in [0.29, 0.717) is 16.5 Å². The zero-order valence-corrected chi connectivity index (χ0v) is 17.0. The van der Waals surface area contributed by atoms with Crippen LogP contribution in [0.25, 0.3) is 11.1 Å². The Bertz CT molecular complexity index is 1070. The van der Waals surface area contributed by atoms with Gasteiger partial charge in [-0.3, -0.25) is 9.59 Å². The molecule has 4 rings (SSSR count). The van der Waals surface area contributed by atoms with Gasteiger partial charge in [0.05, 0.1) is 12.1 Å². The van der Waals surface area contributed by atoms with Crippen molar-refractivity contribution in [1.82, 2.24) is 9.78 Å². The number of nitrogens with one attached hydrogen (secondary N) is 2. The molecule has 0 radical (unpaired) electrons. The Morgan fingerprint density at radius 3 is 2.52 bits per heavy atom. The topological polar surface area (TPSA) is 76.0 Å². The lowest BCUT2D eigenvalue weighted by Gasteiger charge is -2.10. The van der Waals surface area contributed by atoms with Crippen molar-refractivity contribution in [2.45, 2.75) is 32.7 Å². The summed E-state index contributed by atoms with van der Waals surface area (Å²) in [6.07, 6.45) is 0.725. The quantitative estimate of drug-likeness (QED) is 0.648. The van der Waals surface area contributed by atoms with Gasteiger partial charge in [0, 0.05) is 16.3 Å². The third-order valence-electron chi connectivity index (χ3n) is 5.00. The molecule has 0 saturated heterocycles. The van der Waals surface area contributed by atoms with Crippen LogP contribution in [0.5, 0.6) is 0 Å². The van der Waals surface area contributed by atoms with Gasteiger partial charge in [0.15, 0.2) is 0 Å². The number of nitrogens with zero attached hydrogens (tertiary/aromatic N) is 2. The number of aromatic nitrogens is 2. The molecule has 0 fully saturated rings. The standard InChI is InChI=1S/C22H21ClN4O2/c1-3-17-20(14-6-4-13(2)5-7-14)21-25-22(29)18(27(21)26-17)12-19(28)24-16-10-8-15(23)9-11-16/h4-11,18H,3,12H2,1-2H3,(H,24,28)(H,25,29). The lowest BCUT2D eigenvalue weighted by molar-refractivity contribution is -0.123. The number of aryl methyl sites for hydroxylation is 2. The molecule has 2 N–H and O–H groups in total. The predicted molar refractivity (Wildman–Crippen MR) is 114 cm³/mol. The first-order valence-corrected chi connectivity index (χ1v) is 9.88. The second kappa shape index (κ2) is 7.72. The zero-order chi connectivity index (χ0) is 20.5. The molecular formula is C22H21ClN4O2. The van der Waals surface area contributed by atoms with Gasteiger partial charge in [-0.1, -0.05) is 48.4 Å². The largest absolute Gasteiger partial charge is 0.326 e. The molecule has 7 heteroatoms. The highest BCUT2D eigenvalue weighted by Crippen LogP contribution is 2.38. The maximum absolute atomic E-state index is 12.6. The van der Waals surface area contributed by atoms with Crippen LogP contribution in [0.3, 0.4) is 0 Å². The number of hydrogen-bond donors (Lipinski definition) is 2. The number of fused-ring (bicyclic) bond motifs is 1. The average molecular weight is 409 g/mol. The Balaban J connectivity index is 1.60. The van der Waals surface area contributed by atoms with Crippen molar-refractivity contribution in [3.8, 4) is 11.1 Å². The third kappa shape index (κ3) is 3.76. The van der Waals surface area contributed by atoms with Crippen LogP contribution in [0.1, 0.15) is 30.6 Å². The summed E-state index contributed by atoms with van der Waals surface area (Å²) in [6.45, 7) is 4.06. The van der Waals surface area contributed by atoms with Gasteiger partial charge in [0.2, 0.25) is 5.91 Å². The number of carbonyl (C=O) groups is 2. The van der Waals surface area contributed by atoms with Crippen LogP contribution in [0.2, 0.25) is 5.02 Å². The Kier molecular flexibility index (Phi) is 5.11. The zero-order valence-electron chi connectivity index (χ0n) is 16.2. The summed E-state index contributed by atoms with van der Waals surface area (Å²) in [5, 5.41) is 11.0. The van der Waals surface area contributed by atoms with Gasteiger partial charge in [-0.05, 0) is 43.2 Å². The predicted octanol–water partition coefficient (Wildman–Crippen LogP) is 4.60. The van der Waals surface area contributed by atoms with Crippen LogP contribution in [0, 0.1) is 6.92 Å². The van der Waals surface area contributed by atoms with E-state index in [0.717, 1.165) is 28.8 Å². The molecule has 3 aromatic rings. The molecule has 0 saturated carbocycles. The van der Waals surface area contributed by atoms with Gasteiger partial charge in [0.25, 0.3) is 5.91 Å². The monoisotopic (exact) mass is 408 g/mol. The molecule has 0 aliphatic carbocycles. The minimum Gasteiger partial charge on any atom is -0.326 e. The summed E-state index contributed by atoms with van der Waals surface area (Å²) in [5.41, 5.74) is 4.61. The molecule has 2 aromatic carbocycles. The molecule has 1 aromatic heterocycles. The van der Waals surface area contributed by atoms with E-state index in [9.17, 15) is 9.59 Å². The highest BCUT2D eigenvalue weighted by atomic mass is 35.5. The SMILES string of the molecule is CCc1nn2c(c1-c1ccc(C)cc1)NC(=O)C2CC(=O)Nc1ccc(Cl)cc1. The van der Waals surface area contributed by atoms with Crippen molar-refractivity contribution >= 4 is 34.9 Å². The maximum Gasteiger partial charge on any atom is 0.251 e. The number of halogens is 1. The average Bonchev–Trinajstić information content (AvgIpc) is 3.20. The molecule has 2 heterocycles. The summed E-state index contributed by atoms with van der Waals surface area (Å²) in [6, 6.07) is 14.3. The normalized spacial score (nSPS) is 15.1. The number of benzene rings is 2. The smallest absolute Gasteiger partial charge is 0.251 e. The van der Waals surface area contributed by atoms with Crippen LogP contribution in [-0.4, -0.2) is 21.6 Å². The highest BCUT2D eigenvalue weighted by Gasteiger charge is 2.36. The molecule has 1 aliphatic rings. The Labute approximate surface area is 173 Å². The summed E-state index contributed by atoms with van der Waals surface area (Å²) in [4.78, 5) is 25.1. The molecule has 2 amide bonds. The van der Waals surface area contributed by atoms with Gasteiger partial charge < -0.3 is 10.6 Å². The van der Waals surface area contributed by atoms with Crippen LogP contribution in [-0.2, 0) is 16.0 Å². The van der Waals surface area contributed by atoms with Gasteiger partial charge in [-0.25, -0.2) is 4.68 Å². The third-order valence-corrected chi connectivity index (χ3v) is 5.26. The summed E-state index contributed by atoms with van der Waals surface area (Å²) in [7, 11) is 0. The molecule has 1 unspecified atom stereocenters. The fourth-order valence-corrected chi connectivity index (χ4v) is 3.63. The Morgan fingerprint density at radius 2 is 1.86 bits per heavy atom. The molecule has 6 nitrogen and oxygen atoms in total. The van der Waals surface area contributed by atoms with Crippen LogP contribution in [0.15, 0.2) is 48.5 Å². The highest BCUT2D eigenvalue weighted by molar-refractivity contribution is 6.30. The first kappa shape index (κ1) is 19.2. The lowest BCUT2D eigenvalue weighted by atomic mass is 10.0. The van der Waals surface area contributed by atoms with E-state index in [1.165, 1.54) is 0 Å². The Hall–Kier alpha value is -3.12. The van der Waals surface area contributed by atoms with E-state index in [1.807, 2.05) is 38.1 Å². The van der Waals surface area contributed by atoms with Gasteiger partial charge >= 0.3 is 0 Å². The van der Waals surface area contributed by atoms with E-state index in [1.54, 1.807) is 28.9 Å². The number of hydrogen-bond acceptors (Lipinski definition) is 3. The van der Waals surface area contributed by atoms with Gasteiger partial charge in [-0.2, -0.15) is 5.10 Å². The maximum atomic E-state index is 12.6. The lowest BCUT2D eigenvalue weighted by Crippen LogP contribution is -2.23. The molecule has 1 aliphatic heterocycles. The van der Waals surface area contributed by atoms with Crippen LogP contribution >= 0.6 is 11.6 Å². The van der Waals surface area contributed by atoms with Crippen molar-refractivity contribution in [2.75, 3.05) is 10.6 Å². The number of amides is 2. The molecule has 0 bridgehead atoms. The molecule has 29 heavy (non-hydrogen) atoms. The van der Waals surface area contributed by atoms with E-state index < -0.39 is 6.04 Å². The summed E-state index contributed by atoms with van der Waals surface area (Å²) < 4.78 is 1.65. The minimum atomic E-state index is -0.679. The minimum absolute atomic E-state index is 0.000365.